The molecule has 1 aromatic heterocycles. The van der Waals surface area contributed by atoms with Gasteiger partial charge in [0.1, 0.15) is 9.90 Å². The van der Waals surface area contributed by atoms with Gasteiger partial charge >= 0.3 is 10.1 Å². The number of nitrogen functional groups attached to an aromatic ring is 1. The summed E-state index contributed by atoms with van der Waals surface area (Å²) in [6, 6.07) is 11.0. The first-order valence-electron chi connectivity index (χ1n) is 8.43. The number of nitrogens with one attached hydrogen (secondary N) is 1. The molecule has 3 N–H and O–H groups in total. The van der Waals surface area contributed by atoms with E-state index in [9.17, 15) is 13.2 Å². The number of carbonyl (C=O) groups excluding carboxylic acids is 1. The molecule has 0 bridgehead atoms. The van der Waals surface area contributed by atoms with Crippen LogP contribution >= 0.6 is 27.3 Å². The fourth-order valence-electron chi connectivity index (χ4n) is 2.26. The number of hydrazone groups is 1. The Balaban J connectivity index is 1.74. The van der Waals surface area contributed by atoms with E-state index in [1.54, 1.807) is 24.3 Å². The first kappa shape index (κ1) is 21.9. The number of hydrogen-bond donors (Lipinski definition) is 2. The van der Waals surface area contributed by atoms with Crippen molar-refractivity contribution in [2.75, 3.05) is 5.73 Å². The van der Waals surface area contributed by atoms with Crippen LogP contribution < -0.4 is 15.3 Å². The molecule has 3 aromatic rings. The maximum atomic E-state index is 12.6. The maximum Gasteiger partial charge on any atom is 0.339 e. The van der Waals surface area contributed by atoms with Gasteiger partial charge in [0.15, 0.2) is 5.75 Å². The highest BCUT2D eigenvalue weighted by atomic mass is 79.9. The average Bonchev–Trinajstić information content (AvgIpc) is 3.08. The van der Waals surface area contributed by atoms with Crippen molar-refractivity contribution in [2.24, 2.45) is 5.10 Å². The molecular formula is C18H16BrN5O4S2. The molecule has 0 spiro atoms. The lowest BCUT2D eigenvalue weighted by Crippen LogP contribution is -2.19. The minimum Gasteiger partial charge on any atom is -0.378 e. The van der Waals surface area contributed by atoms with Crippen molar-refractivity contribution in [3.05, 3.63) is 63.1 Å². The molecule has 0 saturated heterocycles. The third-order valence-corrected chi connectivity index (χ3v) is 6.16. The van der Waals surface area contributed by atoms with Gasteiger partial charge in [0.25, 0.3) is 0 Å². The van der Waals surface area contributed by atoms with E-state index in [1.807, 2.05) is 6.92 Å². The number of aromatic nitrogens is 2. The van der Waals surface area contributed by atoms with E-state index in [-0.39, 0.29) is 22.2 Å². The van der Waals surface area contributed by atoms with E-state index < -0.39 is 16.0 Å². The van der Waals surface area contributed by atoms with Crippen molar-refractivity contribution in [1.82, 2.24) is 15.6 Å². The molecule has 0 unspecified atom stereocenters. The topological polar surface area (TPSA) is 137 Å². The van der Waals surface area contributed by atoms with E-state index in [1.165, 1.54) is 24.4 Å². The predicted molar refractivity (Wildman–Crippen MR) is 117 cm³/mol. The molecule has 12 heteroatoms. The van der Waals surface area contributed by atoms with Gasteiger partial charge in [-0.3, -0.25) is 4.79 Å². The van der Waals surface area contributed by atoms with Gasteiger partial charge in [-0.2, -0.15) is 13.5 Å². The summed E-state index contributed by atoms with van der Waals surface area (Å²) < 4.78 is 31.1. The Morgan fingerprint density at radius 3 is 2.67 bits per heavy atom. The highest BCUT2D eigenvalue weighted by Gasteiger charge is 2.18. The summed E-state index contributed by atoms with van der Waals surface area (Å²) >= 11 is 4.42. The third-order valence-electron chi connectivity index (χ3n) is 3.67. The Labute approximate surface area is 185 Å². The van der Waals surface area contributed by atoms with Crippen LogP contribution in [-0.4, -0.2) is 30.7 Å². The SMILES string of the molecule is Cc1ccc(S(=O)(=O)Oc2ccc(Br)cc2C=NNC(=O)Cc2nnc(N)s2)cc1. The number of aryl methyl sites for hydroxylation is 1. The normalized spacial score (nSPS) is 11.5. The van der Waals surface area contributed by atoms with Gasteiger partial charge in [0.05, 0.1) is 12.6 Å². The average molecular weight is 510 g/mol. The van der Waals surface area contributed by atoms with E-state index in [2.05, 4.69) is 36.7 Å². The Morgan fingerprint density at radius 2 is 2.00 bits per heavy atom. The van der Waals surface area contributed by atoms with Crippen LogP contribution in [0.4, 0.5) is 5.13 Å². The van der Waals surface area contributed by atoms with Crippen molar-refractivity contribution < 1.29 is 17.4 Å². The molecule has 0 atom stereocenters. The molecule has 0 aliphatic rings. The number of carbonyl (C=O) groups is 1. The Bertz CT molecular complexity index is 1190. The summed E-state index contributed by atoms with van der Waals surface area (Å²) in [6.45, 7) is 1.86. The molecule has 3 rings (SSSR count). The first-order valence-corrected chi connectivity index (χ1v) is 11.5. The number of hydrogen-bond acceptors (Lipinski definition) is 9. The number of benzene rings is 2. The summed E-state index contributed by atoms with van der Waals surface area (Å²) in [7, 11) is -4.04. The molecular weight excluding hydrogens is 494 g/mol. The zero-order valence-electron chi connectivity index (χ0n) is 15.6. The predicted octanol–water partition coefficient (Wildman–Crippen LogP) is 2.65. The van der Waals surface area contributed by atoms with Crippen LogP contribution in [0.15, 0.2) is 56.9 Å². The summed E-state index contributed by atoms with van der Waals surface area (Å²) in [5, 5.41) is 12.0. The van der Waals surface area contributed by atoms with E-state index in [0.717, 1.165) is 16.9 Å². The van der Waals surface area contributed by atoms with Gasteiger partial charge in [0, 0.05) is 10.0 Å². The summed E-state index contributed by atoms with van der Waals surface area (Å²) in [5.41, 5.74) is 9.10. The lowest BCUT2D eigenvalue weighted by atomic mass is 10.2. The van der Waals surface area contributed by atoms with Crippen LogP contribution in [0.2, 0.25) is 0 Å². The zero-order chi connectivity index (χ0) is 21.7. The largest absolute Gasteiger partial charge is 0.378 e. The first-order chi connectivity index (χ1) is 14.2. The fraction of sp³-hybridized carbons (Fsp3) is 0.111. The highest BCUT2D eigenvalue weighted by Crippen LogP contribution is 2.25. The monoisotopic (exact) mass is 509 g/mol. The smallest absolute Gasteiger partial charge is 0.339 e. The number of rotatable bonds is 7. The molecule has 0 aliphatic carbocycles. The van der Waals surface area contributed by atoms with Gasteiger partial charge < -0.3 is 9.92 Å². The minimum atomic E-state index is -4.04. The second-order valence-corrected chi connectivity index (χ2v) is 9.59. The molecule has 0 radical (unpaired) electrons. The number of amides is 1. The molecule has 1 amide bonds. The summed E-state index contributed by atoms with van der Waals surface area (Å²) in [5.74, 6) is -0.360. The Kier molecular flexibility index (Phi) is 6.80. The van der Waals surface area contributed by atoms with Crippen LogP contribution in [-0.2, 0) is 21.3 Å². The minimum absolute atomic E-state index is 0.0311. The van der Waals surface area contributed by atoms with Crippen LogP contribution in [0.3, 0.4) is 0 Å². The zero-order valence-corrected chi connectivity index (χ0v) is 18.8. The molecule has 156 valence electrons. The van der Waals surface area contributed by atoms with Crippen molar-refractivity contribution in [2.45, 2.75) is 18.2 Å². The number of nitrogens with two attached hydrogens (primary N) is 1. The van der Waals surface area contributed by atoms with Crippen LogP contribution in [0.5, 0.6) is 5.75 Å². The molecule has 0 aliphatic heterocycles. The van der Waals surface area contributed by atoms with Crippen LogP contribution in [0.1, 0.15) is 16.1 Å². The molecule has 9 nitrogen and oxygen atoms in total. The third kappa shape index (κ3) is 5.84. The maximum absolute atomic E-state index is 12.6. The number of anilines is 1. The quantitative estimate of drug-likeness (QED) is 0.283. The molecule has 0 fully saturated rings. The van der Waals surface area contributed by atoms with Gasteiger partial charge in [-0.1, -0.05) is 45.0 Å². The summed E-state index contributed by atoms with van der Waals surface area (Å²) in [6.07, 6.45) is 1.26. The van der Waals surface area contributed by atoms with Gasteiger partial charge in [0.2, 0.25) is 11.0 Å². The molecule has 0 saturated carbocycles. The van der Waals surface area contributed by atoms with Gasteiger partial charge in [-0.15, -0.1) is 10.2 Å². The van der Waals surface area contributed by atoms with Gasteiger partial charge in [-0.25, -0.2) is 5.43 Å². The molecule has 1 heterocycles. The summed E-state index contributed by atoms with van der Waals surface area (Å²) in [4.78, 5) is 12.0. The van der Waals surface area contributed by atoms with E-state index in [4.69, 9.17) is 9.92 Å². The van der Waals surface area contributed by atoms with Crippen molar-refractivity contribution in [3.8, 4) is 5.75 Å². The van der Waals surface area contributed by atoms with Crippen molar-refractivity contribution >= 4 is 54.6 Å². The van der Waals surface area contributed by atoms with E-state index in [0.29, 0.717) is 15.0 Å². The number of halogens is 1. The Morgan fingerprint density at radius 1 is 1.27 bits per heavy atom. The molecule has 2 aromatic carbocycles. The highest BCUT2D eigenvalue weighted by molar-refractivity contribution is 9.10. The standard InChI is InChI=1S/C18H16BrN5O4S2/c1-11-2-5-14(6-3-11)30(26,27)28-15-7-4-13(19)8-12(15)10-21-22-16(25)9-17-23-24-18(20)29-17/h2-8,10H,9H2,1H3,(H2,20,24)(H,22,25). The van der Waals surface area contributed by atoms with Crippen LogP contribution in [0.25, 0.3) is 0 Å². The van der Waals surface area contributed by atoms with Crippen molar-refractivity contribution in [1.29, 1.82) is 0 Å². The van der Waals surface area contributed by atoms with Crippen molar-refractivity contribution in [3.63, 3.8) is 0 Å². The number of nitrogens with zero attached hydrogens (tertiary/aromatic N) is 3. The lowest BCUT2D eigenvalue weighted by Gasteiger charge is -2.10. The molecule has 30 heavy (non-hydrogen) atoms. The van der Waals surface area contributed by atoms with Crippen LogP contribution in [0, 0.1) is 6.92 Å². The fourth-order valence-corrected chi connectivity index (χ4v) is 4.20. The Hall–Kier alpha value is -2.83. The lowest BCUT2D eigenvalue weighted by molar-refractivity contribution is -0.120. The van der Waals surface area contributed by atoms with Gasteiger partial charge in [-0.05, 0) is 37.3 Å². The van der Waals surface area contributed by atoms with E-state index >= 15 is 0 Å². The second-order valence-electron chi connectivity index (χ2n) is 6.04. The second kappa shape index (κ2) is 9.32.